The summed E-state index contributed by atoms with van der Waals surface area (Å²) in [6.45, 7) is -0.289. The van der Waals surface area contributed by atoms with E-state index in [1.165, 1.54) is 0 Å². The summed E-state index contributed by atoms with van der Waals surface area (Å²) >= 11 is 11.8. The summed E-state index contributed by atoms with van der Waals surface area (Å²) < 4.78 is 10.5. The first kappa shape index (κ1) is 15.0. The van der Waals surface area contributed by atoms with Crippen molar-refractivity contribution < 1.29 is 24.8 Å². The second kappa shape index (κ2) is 6.37. The second-order valence-corrected chi connectivity index (χ2v) is 5.10. The molecule has 1 aliphatic heterocycles. The monoisotopic (exact) mass is 308 g/mol. The van der Waals surface area contributed by atoms with Gasteiger partial charge >= 0.3 is 0 Å². The maximum atomic E-state index is 9.69. The Hall–Kier alpha value is -0.400. The predicted octanol–water partition coefficient (Wildman–Crippen LogP) is 0.949. The van der Waals surface area contributed by atoms with Crippen LogP contribution in [0.25, 0.3) is 0 Å². The molecule has 1 fully saturated rings. The third kappa shape index (κ3) is 3.38. The molecule has 0 unspecified atom stereocenters. The zero-order chi connectivity index (χ0) is 14.0. The Morgan fingerprint density at radius 3 is 2.53 bits per heavy atom. The van der Waals surface area contributed by atoms with E-state index in [0.29, 0.717) is 15.6 Å². The lowest BCUT2D eigenvalue weighted by Crippen LogP contribution is -2.34. The van der Waals surface area contributed by atoms with Gasteiger partial charge in [0, 0.05) is 10.0 Å². The highest BCUT2D eigenvalue weighted by Gasteiger charge is 2.43. The van der Waals surface area contributed by atoms with Crippen LogP contribution in [-0.2, 0) is 16.1 Å². The molecule has 106 valence electrons. The molecule has 0 saturated carbocycles. The van der Waals surface area contributed by atoms with Crippen LogP contribution >= 0.6 is 23.2 Å². The van der Waals surface area contributed by atoms with Crippen molar-refractivity contribution >= 4 is 23.2 Å². The molecule has 7 heteroatoms. The number of aliphatic hydroxyl groups is 3. The Labute approximate surface area is 120 Å². The Balaban J connectivity index is 1.96. The van der Waals surface area contributed by atoms with Crippen molar-refractivity contribution in [1.82, 2.24) is 0 Å². The molecule has 0 aromatic heterocycles. The Morgan fingerprint density at radius 1 is 1.21 bits per heavy atom. The number of benzene rings is 1. The van der Waals surface area contributed by atoms with Crippen LogP contribution in [0.4, 0.5) is 0 Å². The summed E-state index contributed by atoms with van der Waals surface area (Å²) in [6, 6.07) is 4.95. The van der Waals surface area contributed by atoms with Gasteiger partial charge in [0.05, 0.1) is 13.2 Å². The minimum atomic E-state index is -1.21. The maximum absolute atomic E-state index is 9.69. The molecule has 4 atom stereocenters. The van der Waals surface area contributed by atoms with E-state index in [0.717, 1.165) is 0 Å². The second-order valence-electron chi connectivity index (χ2n) is 4.25. The van der Waals surface area contributed by atoms with Crippen LogP contribution in [-0.4, -0.2) is 46.5 Å². The van der Waals surface area contributed by atoms with Crippen LogP contribution in [0.5, 0.6) is 0 Å². The van der Waals surface area contributed by atoms with Crippen molar-refractivity contribution in [2.45, 2.75) is 31.2 Å². The first-order valence-electron chi connectivity index (χ1n) is 5.71. The highest BCUT2D eigenvalue weighted by atomic mass is 35.5. The van der Waals surface area contributed by atoms with Gasteiger partial charge in [-0.2, -0.15) is 0 Å². The van der Waals surface area contributed by atoms with Crippen molar-refractivity contribution in [2.75, 3.05) is 6.61 Å². The molecule has 0 radical (unpaired) electrons. The first-order valence-corrected chi connectivity index (χ1v) is 6.46. The van der Waals surface area contributed by atoms with Crippen molar-refractivity contribution in [3.05, 3.63) is 33.8 Å². The number of halogens is 2. The van der Waals surface area contributed by atoms with Crippen molar-refractivity contribution in [3.63, 3.8) is 0 Å². The molecule has 1 aliphatic rings. The van der Waals surface area contributed by atoms with E-state index in [9.17, 15) is 10.2 Å². The zero-order valence-electron chi connectivity index (χ0n) is 9.87. The smallest absolute Gasteiger partial charge is 0.187 e. The molecule has 0 aliphatic carbocycles. The summed E-state index contributed by atoms with van der Waals surface area (Å²) in [7, 11) is 0. The van der Waals surface area contributed by atoms with Gasteiger partial charge in [-0.1, -0.05) is 29.3 Å². The van der Waals surface area contributed by atoms with Crippen LogP contribution < -0.4 is 0 Å². The third-order valence-electron chi connectivity index (χ3n) is 2.92. The lowest BCUT2D eigenvalue weighted by Gasteiger charge is -2.16. The molecule has 1 aromatic carbocycles. The highest BCUT2D eigenvalue weighted by molar-refractivity contribution is 6.35. The Kier molecular flexibility index (Phi) is 5.03. The molecule has 0 spiro atoms. The van der Waals surface area contributed by atoms with Gasteiger partial charge in [-0.25, -0.2) is 0 Å². The van der Waals surface area contributed by atoms with Gasteiger partial charge in [0.25, 0.3) is 0 Å². The fourth-order valence-corrected chi connectivity index (χ4v) is 2.28. The van der Waals surface area contributed by atoms with Crippen LogP contribution in [0.15, 0.2) is 18.2 Å². The molecule has 5 nitrogen and oxygen atoms in total. The lowest BCUT2D eigenvalue weighted by atomic mass is 10.1. The van der Waals surface area contributed by atoms with E-state index >= 15 is 0 Å². The number of hydrogen-bond donors (Lipinski definition) is 3. The predicted molar refractivity (Wildman–Crippen MR) is 69.0 cm³/mol. The van der Waals surface area contributed by atoms with Crippen LogP contribution in [0.3, 0.4) is 0 Å². The summed E-state index contributed by atoms with van der Waals surface area (Å²) in [4.78, 5) is 0. The van der Waals surface area contributed by atoms with Crippen LogP contribution in [0.2, 0.25) is 10.0 Å². The number of ether oxygens (including phenoxy) is 2. The van der Waals surface area contributed by atoms with Gasteiger partial charge < -0.3 is 24.8 Å². The standard InChI is InChI=1S/C12H14Cl2O5/c13-7-2-1-6(8(14)3-7)5-18-12-11(17)10(16)9(4-15)19-12/h1-3,9-12,15-17H,4-5H2/t9-,10-,11-,12-/m1/s1. The van der Waals surface area contributed by atoms with Gasteiger partial charge in [-0.05, 0) is 17.7 Å². The van der Waals surface area contributed by atoms with Crippen LogP contribution in [0, 0.1) is 0 Å². The van der Waals surface area contributed by atoms with Gasteiger partial charge in [0.2, 0.25) is 0 Å². The van der Waals surface area contributed by atoms with E-state index in [-0.39, 0.29) is 13.2 Å². The Bertz CT molecular complexity index is 442. The zero-order valence-corrected chi connectivity index (χ0v) is 11.4. The Morgan fingerprint density at radius 2 is 1.95 bits per heavy atom. The SMILES string of the molecule is OC[C@H]1O[C@@H](OCc2ccc(Cl)cc2Cl)[C@H](O)[C@@H]1O. The molecule has 3 N–H and O–H groups in total. The molecule has 0 bridgehead atoms. The van der Waals surface area contributed by atoms with Crippen molar-refractivity contribution in [3.8, 4) is 0 Å². The van der Waals surface area contributed by atoms with Gasteiger partial charge in [-0.3, -0.25) is 0 Å². The van der Waals surface area contributed by atoms with Crippen molar-refractivity contribution in [1.29, 1.82) is 0 Å². The van der Waals surface area contributed by atoms with Gasteiger partial charge in [0.15, 0.2) is 6.29 Å². The van der Waals surface area contributed by atoms with Crippen LogP contribution in [0.1, 0.15) is 5.56 Å². The summed E-state index contributed by atoms with van der Waals surface area (Å²) in [6.07, 6.45) is -4.22. The molecule has 1 heterocycles. The van der Waals surface area contributed by atoms with E-state index in [4.69, 9.17) is 37.8 Å². The van der Waals surface area contributed by atoms with Crippen molar-refractivity contribution in [2.24, 2.45) is 0 Å². The normalized spacial score (nSPS) is 30.8. The number of rotatable bonds is 4. The highest BCUT2D eigenvalue weighted by Crippen LogP contribution is 2.25. The topological polar surface area (TPSA) is 79.2 Å². The minimum absolute atomic E-state index is 0.0998. The van der Waals surface area contributed by atoms with Gasteiger partial charge in [-0.15, -0.1) is 0 Å². The quantitative estimate of drug-likeness (QED) is 0.772. The molecule has 2 rings (SSSR count). The lowest BCUT2D eigenvalue weighted by molar-refractivity contribution is -0.175. The fourth-order valence-electron chi connectivity index (χ4n) is 1.81. The third-order valence-corrected chi connectivity index (χ3v) is 3.50. The van der Waals surface area contributed by atoms with E-state index in [1.807, 2.05) is 0 Å². The minimum Gasteiger partial charge on any atom is -0.394 e. The summed E-state index contributed by atoms with van der Waals surface area (Å²) in [5.41, 5.74) is 0.684. The fraction of sp³-hybridized carbons (Fsp3) is 0.500. The van der Waals surface area contributed by atoms with E-state index < -0.39 is 24.6 Å². The summed E-state index contributed by atoms with van der Waals surface area (Å²) in [5, 5.41) is 29.1. The molecule has 1 saturated heterocycles. The maximum Gasteiger partial charge on any atom is 0.187 e. The first-order chi connectivity index (χ1) is 9.02. The number of aliphatic hydroxyl groups excluding tert-OH is 3. The molecule has 1 aromatic rings. The largest absolute Gasteiger partial charge is 0.394 e. The molecule has 19 heavy (non-hydrogen) atoms. The summed E-state index contributed by atoms with van der Waals surface area (Å²) in [5.74, 6) is 0. The average molecular weight is 309 g/mol. The van der Waals surface area contributed by atoms with E-state index in [1.54, 1.807) is 18.2 Å². The average Bonchev–Trinajstić information content (AvgIpc) is 2.65. The molecule has 0 amide bonds. The van der Waals surface area contributed by atoms with E-state index in [2.05, 4.69) is 0 Å². The molecular weight excluding hydrogens is 295 g/mol. The molecular formula is C12H14Cl2O5. The number of hydrogen-bond acceptors (Lipinski definition) is 5. The van der Waals surface area contributed by atoms with Gasteiger partial charge in [0.1, 0.15) is 18.3 Å².